The lowest BCUT2D eigenvalue weighted by Gasteiger charge is -2.39. The molecule has 4 rings (SSSR count). The largest absolute Gasteiger partial charge is 0.341 e. The summed E-state index contributed by atoms with van der Waals surface area (Å²) in [5.74, 6) is 0. The molecule has 1 unspecified atom stereocenters. The molecule has 2 heterocycles. The van der Waals surface area contributed by atoms with Gasteiger partial charge in [-0.25, -0.2) is 0 Å². The number of nitrogens with zero attached hydrogens (tertiary/aromatic N) is 2. The van der Waals surface area contributed by atoms with Gasteiger partial charge in [0.1, 0.15) is 0 Å². The van der Waals surface area contributed by atoms with Crippen molar-refractivity contribution in [1.29, 1.82) is 0 Å². The van der Waals surface area contributed by atoms with Gasteiger partial charge in [0.15, 0.2) is 0 Å². The molecule has 100 valence electrons. The van der Waals surface area contributed by atoms with Gasteiger partial charge in [-0.15, -0.1) is 0 Å². The van der Waals surface area contributed by atoms with E-state index >= 15 is 0 Å². The number of hydrogen-bond acceptors (Lipinski definition) is 1. The minimum absolute atomic E-state index is 0.633. The zero-order valence-corrected chi connectivity index (χ0v) is 12.1. The Balaban J connectivity index is 2.01. The average molecular weight is 275 g/mol. The van der Waals surface area contributed by atoms with E-state index in [1.807, 2.05) is 6.07 Å². The summed E-state index contributed by atoms with van der Waals surface area (Å²) >= 11 is 6.20. The quantitative estimate of drug-likeness (QED) is 0.763. The topological polar surface area (TPSA) is 8.17 Å². The van der Waals surface area contributed by atoms with Crippen LogP contribution in [-0.4, -0.2) is 22.6 Å². The third-order valence-corrected chi connectivity index (χ3v) is 5.09. The number of rotatable bonds is 1. The zero-order valence-electron chi connectivity index (χ0n) is 11.3. The Labute approximate surface area is 119 Å². The predicted molar refractivity (Wildman–Crippen MR) is 79.9 cm³/mol. The number of hydrogen-bond donors (Lipinski definition) is 0. The van der Waals surface area contributed by atoms with Crippen molar-refractivity contribution >= 4 is 22.5 Å². The maximum absolute atomic E-state index is 6.20. The second-order valence-electron chi connectivity index (χ2n) is 5.71. The molecule has 0 saturated carbocycles. The maximum atomic E-state index is 6.20. The Morgan fingerprint density at radius 1 is 1.32 bits per heavy atom. The monoisotopic (exact) mass is 274 g/mol. The first-order chi connectivity index (χ1) is 9.29. The Morgan fingerprint density at radius 3 is 3.05 bits per heavy atom. The molecule has 1 atom stereocenters. The predicted octanol–water partition coefficient (Wildman–Crippen LogP) is 4.01. The summed E-state index contributed by atoms with van der Waals surface area (Å²) in [6.45, 7) is 5.72. The smallest absolute Gasteiger partial charge is 0.0504 e. The molecule has 2 aromatic rings. The summed E-state index contributed by atoms with van der Waals surface area (Å²) < 4.78 is 2.53. The maximum Gasteiger partial charge on any atom is 0.0504 e. The third-order valence-electron chi connectivity index (χ3n) is 4.85. The first-order valence-electron chi connectivity index (χ1n) is 7.34. The fraction of sp³-hybridized carbons (Fsp3) is 0.500. The van der Waals surface area contributed by atoms with Crippen molar-refractivity contribution < 1.29 is 0 Å². The van der Waals surface area contributed by atoms with Crippen LogP contribution in [0.25, 0.3) is 10.9 Å². The molecule has 19 heavy (non-hydrogen) atoms. The van der Waals surface area contributed by atoms with Crippen LogP contribution in [0.5, 0.6) is 0 Å². The number of aryl methyl sites for hydroxylation is 1. The Morgan fingerprint density at radius 2 is 2.21 bits per heavy atom. The summed E-state index contributed by atoms with van der Waals surface area (Å²) in [6.07, 6.45) is 3.86. The van der Waals surface area contributed by atoms with Gasteiger partial charge in [0.25, 0.3) is 0 Å². The van der Waals surface area contributed by atoms with E-state index in [9.17, 15) is 0 Å². The van der Waals surface area contributed by atoms with Gasteiger partial charge in [-0.3, -0.25) is 4.90 Å². The van der Waals surface area contributed by atoms with E-state index in [1.165, 1.54) is 36.7 Å². The van der Waals surface area contributed by atoms with Gasteiger partial charge in [-0.2, -0.15) is 0 Å². The van der Waals surface area contributed by atoms with Gasteiger partial charge in [0, 0.05) is 29.2 Å². The highest BCUT2D eigenvalue weighted by atomic mass is 35.5. The standard InChI is InChI=1S/C16H19ClN2/c1-2-18-8-9-19-15-10-11(17)6-7-12(15)13-4-3-5-14(18)16(13)19/h6-7,10,14H,2-5,8-9H2,1H3. The molecule has 0 radical (unpaired) electrons. The summed E-state index contributed by atoms with van der Waals surface area (Å²) in [4.78, 5) is 2.64. The summed E-state index contributed by atoms with van der Waals surface area (Å²) in [7, 11) is 0. The van der Waals surface area contributed by atoms with Crippen molar-refractivity contribution in [1.82, 2.24) is 9.47 Å². The average Bonchev–Trinajstić information content (AvgIpc) is 2.75. The van der Waals surface area contributed by atoms with E-state index in [-0.39, 0.29) is 0 Å². The summed E-state index contributed by atoms with van der Waals surface area (Å²) in [5, 5.41) is 2.29. The molecule has 3 heteroatoms. The van der Waals surface area contributed by atoms with Crippen molar-refractivity contribution in [2.75, 3.05) is 13.1 Å². The van der Waals surface area contributed by atoms with Gasteiger partial charge >= 0.3 is 0 Å². The molecule has 1 aromatic heterocycles. The van der Waals surface area contributed by atoms with Gasteiger partial charge in [0.05, 0.1) is 11.6 Å². The lowest BCUT2D eigenvalue weighted by molar-refractivity contribution is 0.149. The van der Waals surface area contributed by atoms with Crippen LogP contribution in [-0.2, 0) is 13.0 Å². The molecular formula is C16H19ClN2. The van der Waals surface area contributed by atoms with Gasteiger partial charge < -0.3 is 4.57 Å². The van der Waals surface area contributed by atoms with Gasteiger partial charge in [-0.05, 0) is 43.5 Å². The van der Waals surface area contributed by atoms with E-state index in [2.05, 4.69) is 28.5 Å². The molecule has 0 bridgehead atoms. The van der Waals surface area contributed by atoms with Crippen LogP contribution in [0.1, 0.15) is 37.1 Å². The van der Waals surface area contributed by atoms with E-state index < -0.39 is 0 Å². The molecule has 0 N–H and O–H groups in total. The van der Waals surface area contributed by atoms with E-state index in [4.69, 9.17) is 11.6 Å². The van der Waals surface area contributed by atoms with Crippen LogP contribution in [0.15, 0.2) is 18.2 Å². The molecule has 2 aliphatic rings. The minimum atomic E-state index is 0.633. The molecule has 0 spiro atoms. The van der Waals surface area contributed by atoms with E-state index in [0.29, 0.717) is 6.04 Å². The van der Waals surface area contributed by atoms with Gasteiger partial charge in [-0.1, -0.05) is 24.6 Å². The highest BCUT2D eigenvalue weighted by Gasteiger charge is 2.33. The van der Waals surface area contributed by atoms with Crippen molar-refractivity contribution in [3.05, 3.63) is 34.5 Å². The SMILES string of the molecule is CCN1CCn2c3c(c4ccc(Cl)cc42)CCCC31. The van der Waals surface area contributed by atoms with Crippen LogP contribution >= 0.6 is 11.6 Å². The second-order valence-corrected chi connectivity index (χ2v) is 6.15. The molecule has 1 aliphatic heterocycles. The first-order valence-corrected chi connectivity index (χ1v) is 7.72. The van der Waals surface area contributed by atoms with Crippen LogP contribution in [0.4, 0.5) is 0 Å². The molecule has 1 aromatic carbocycles. The fourth-order valence-electron chi connectivity index (χ4n) is 4.03. The highest BCUT2D eigenvalue weighted by Crippen LogP contribution is 2.42. The first kappa shape index (κ1) is 11.8. The van der Waals surface area contributed by atoms with Crippen LogP contribution in [0.2, 0.25) is 5.02 Å². The Bertz CT molecular complexity index is 644. The second kappa shape index (κ2) is 4.26. The van der Waals surface area contributed by atoms with Crippen LogP contribution in [0, 0.1) is 0 Å². The van der Waals surface area contributed by atoms with Crippen molar-refractivity contribution in [2.24, 2.45) is 0 Å². The molecule has 2 nitrogen and oxygen atoms in total. The van der Waals surface area contributed by atoms with Crippen molar-refractivity contribution in [3.63, 3.8) is 0 Å². The van der Waals surface area contributed by atoms with E-state index in [1.54, 1.807) is 11.3 Å². The zero-order chi connectivity index (χ0) is 13.0. The Hall–Kier alpha value is -0.990. The summed E-state index contributed by atoms with van der Waals surface area (Å²) in [5.41, 5.74) is 4.51. The number of halogens is 1. The van der Waals surface area contributed by atoms with Crippen molar-refractivity contribution in [3.8, 4) is 0 Å². The molecule has 1 aliphatic carbocycles. The van der Waals surface area contributed by atoms with Crippen LogP contribution in [0.3, 0.4) is 0 Å². The number of likely N-dealkylation sites (N-methyl/N-ethyl adjacent to an activating group) is 1. The minimum Gasteiger partial charge on any atom is -0.341 e. The normalized spacial score (nSPS) is 22.7. The molecule has 0 amide bonds. The number of fused-ring (bicyclic) bond motifs is 3. The fourth-order valence-corrected chi connectivity index (χ4v) is 4.19. The summed E-state index contributed by atoms with van der Waals surface area (Å²) in [6, 6.07) is 7.03. The lowest BCUT2D eigenvalue weighted by Crippen LogP contribution is -2.39. The molecular weight excluding hydrogens is 256 g/mol. The third kappa shape index (κ3) is 1.60. The number of benzene rings is 1. The highest BCUT2D eigenvalue weighted by molar-refractivity contribution is 6.31. The van der Waals surface area contributed by atoms with E-state index in [0.717, 1.165) is 18.1 Å². The lowest BCUT2D eigenvalue weighted by atomic mass is 9.90. The number of aromatic nitrogens is 1. The Kier molecular flexibility index (Phi) is 2.64. The van der Waals surface area contributed by atoms with Crippen molar-refractivity contribution in [2.45, 2.75) is 38.8 Å². The van der Waals surface area contributed by atoms with Gasteiger partial charge in [0.2, 0.25) is 0 Å². The molecule has 0 fully saturated rings. The van der Waals surface area contributed by atoms with Crippen LogP contribution < -0.4 is 0 Å². The molecule has 0 saturated heterocycles.